The van der Waals surface area contributed by atoms with E-state index in [4.69, 9.17) is 9.15 Å². The Morgan fingerprint density at radius 1 is 1.14 bits per heavy atom. The highest BCUT2D eigenvalue weighted by atomic mass is 32.2. The molecule has 0 bridgehead atoms. The third-order valence-corrected chi connectivity index (χ3v) is 5.29. The first-order valence-electron chi connectivity index (χ1n) is 8.26. The van der Waals surface area contributed by atoms with Gasteiger partial charge in [-0.2, -0.15) is 0 Å². The number of furan rings is 1. The lowest BCUT2D eigenvalue weighted by atomic mass is 9.93. The van der Waals surface area contributed by atoms with E-state index in [9.17, 15) is 23.8 Å². The lowest BCUT2D eigenvalue weighted by Gasteiger charge is -2.19. The molecule has 146 valence electrons. The molecule has 8 heteroatoms. The number of aliphatic hydroxyl groups excluding tert-OH is 1. The van der Waals surface area contributed by atoms with E-state index in [2.05, 4.69) is 0 Å². The van der Waals surface area contributed by atoms with Gasteiger partial charge in [-0.1, -0.05) is 42.5 Å². The van der Waals surface area contributed by atoms with Crippen LogP contribution in [0, 0.1) is 0 Å². The van der Waals surface area contributed by atoms with Crippen molar-refractivity contribution in [3.8, 4) is 16.9 Å². The van der Waals surface area contributed by atoms with Crippen molar-refractivity contribution >= 4 is 17.0 Å². The molecule has 1 aromatic heterocycles. The van der Waals surface area contributed by atoms with Gasteiger partial charge >= 0.3 is 5.97 Å². The quantitative estimate of drug-likeness (QED) is 0.428. The number of esters is 1. The number of hydrogen-bond donors (Lipinski definition) is 3. The van der Waals surface area contributed by atoms with E-state index in [1.165, 1.54) is 18.4 Å². The number of aliphatic hydroxyl groups is 1. The fourth-order valence-electron chi connectivity index (χ4n) is 3.09. The number of methoxy groups -OCH3 is 1. The largest absolute Gasteiger partial charge is 0.506 e. The summed E-state index contributed by atoms with van der Waals surface area (Å²) in [5, 5.41) is 19.2. The highest BCUT2D eigenvalue weighted by Crippen LogP contribution is 2.41. The van der Waals surface area contributed by atoms with E-state index in [1.54, 1.807) is 36.4 Å². The SMILES string of the molecule is COC(=O)c1c(C(c2ccccc2)S(=O)O)ccc(-c2ccoc2CO)c1O. The number of rotatable bonds is 6. The molecule has 3 aromatic rings. The fourth-order valence-corrected chi connectivity index (χ4v) is 3.90. The van der Waals surface area contributed by atoms with Crippen LogP contribution in [-0.2, 0) is 22.4 Å². The zero-order valence-electron chi connectivity index (χ0n) is 14.9. The zero-order valence-corrected chi connectivity index (χ0v) is 15.7. The average molecular weight is 402 g/mol. The number of phenols is 1. The summed E-state index contributed by atoms with van der Waals surface area (Å²) in [6.45, 7) is -0.398. The maximum absolute atomic E-state index is 12.5. The second-order valence-electron chi connectivity index (χ2n) is 5.90. The number of benzene rings is 2. The van der Waals surface area contributed by atoms with Crippen molar-refractivity contribution in [3.05, 3.63) is 77.2 Å². The van der Waals surface area contributed by atoms with Crippen LogP contribution in [0.1, 0.15) is 32.5 Å². The van der Waals surface area contributed by atoms with Crippen molar-refractivity contribution in [2.45, 2.75) is 11.9 Å². The summed E-state index contributed by atoms with van der Waals surface area (Å²) in [5.41, 5.74) is 1.06. The van der Waals surface area contributed by atoms with Crippen LogP contribution in [0.3, 0.4) is 0 Å². The summed E-state index contributed by atoms with van der Waals surface area (Å²) in [7, 11) is 1.16. The number of hydrogen-bond acceptors (Lipinski definition) is 6. The Morgan fingerprint density at radius 3 is 2.46 bits per heavy atom. The lowest BCUT2D eigenvalue weighted by Crippen LogP contribution is -2.14. The van der Waals surface area contributed by atoms with Crippen molar-refractivity contribution in [3.63, 3.8) is 0 Å². The first-order chi connectivity index (χ1) is 13.5. The molecule has 0 saturated heterocycles. The Bertz CT molecular complexity index is 1010. The Balaban J connectivity index is 2.26. The summed E-state index contributed by atoms with van der Waals surface area (Å²) in [4.78, 5) is 12.5. The van der Waals surface area contributed by atoms with Gasteiger partial charge in [0.1, 0.15) is 28.9 Å². The maximum atomic E-state index is 12.5. The van der Waals surface area contributed by atoms with Gasteiger partial charge in [-0.15, -0.1) is 0 Å². The lowest BCUT2D eigenvalue weighted by molar-refractivity contribution is 0.0596. The van der Waals surface area contributed by atoms with Gasteiger partial charge in [-0.3, -0.25) is 0 Å². The first-order valence-corrected chi connectivity index (χ1v) is 9.43. The summed E-state index contributed by atoms with van der Waals surface area (Å²) in [6, 6.07) is 13.0. The topological polar surface area (TPSA) is 117 Å². The molecule has 1 heterocycles. The van der Waals surface area contributed by atoms with Gasteiger partial charge < -0.3 is 23.9 Å². The number of carbonyl (C=O) groups is 1. The molecule has 3 N–H and O–H groups in total. The van der Waals surface area contributed by atoms with Crippen LogP contribution >= 0.6 is 0 Å². The third kappa shape index (κ3) is 3.57. The maximum Gasteiger partial charge on any atom is 0.342 e. The molecule has 0 amide bonds. The van der Waals surface area contributed by atoms with Gasteiger partial charge in [-0.05, 0) is 17.2 Å². The van der Waals surface area contributed by atoms with Crippen molar-refractivity contribution < 1.29 is 32.9 Å². The molecule has 2 unspecified atom stereocenters. The molecule has 0 radical (unpaired) electrons. The van der Waals surface area contributed by atoms with Gasteiger partial charge in [0, 0.05) is 11.1 Å². The van der Waals surface area contributed by atoms with E-state index in [0.717, 1.165) is 7.11 Å². The van der Waals surface area contributed by atoms with Crippen LogP contribution in [0.25, 0.3) is 11.1 Å². The molecule has 0 fully saturated rings. The average Bonchev–Trinajstić information content (AvgIpc) is 3.17. The Hall–Kier alpha value is -2.94. The molecule has 0 aliphatic heterocycles. The molecule has 0 aliphatic rings. The van der Waals surface area contributed by atoms with E-state index < -0.39 is 34.7 Å². The molecule has 3 rings (SSSR count). The fraction of sp³-hybridized carbons (Fsp3) is 0.150. The smallest absolute Gasteiger partial charge is 0.342 e. The van der Waals surface area contributed by atoms with E-state index in [-0.39, 0.29) is 22.5 Å². The van der Waals surface area contributed by atoms with E-state index in [0.29, 0.717) is 11.1 Å². The van der Waals surface area contributed by atoms with E-state index in [1.807, 2.05) is 0 Å². The predicted octanol–water partition coefficient (Wildman–Crippen LogP) is 3.24. The second kappa shape index (κ2) is 8.39. The van der Waals surface area contributed by atoms with E-state index >= 15 is 0 Å². The summed E-state index contributed by atoms with van der Waals surface area (Å²) >= 11 is -2.37. The summed E-state index contributed by atoms with van der Waals surface area (Å²) in [5.74, 6) is -1.06. The minimum atomic E-state index is -2.37. The minimum Gasteiger partial charge on any atom is -0.506 e. The Morgan fingerprint density at radius 2 is 1.86 bits per heavy atom. The molecule has 2 atom stereocenters. The number of phenolic OH excluding ortho intramolecular Hbond substituents is 1. The standard InChI is InChI=1S/C20H18O7S/c1-26-20(23)17-15(19(28(24)25)12-5-3-2-4-6-12)8-7-14(18(17)22)13-9-10-27-16(13)11-21/h2-10,19,21-22H,11H2,1H3,(H,24,25). The second-order valence-corrected chi connectivity index (χ2v) is 6.92. The van der Waals surface area contributed by atoms with Crippen LogP contribution < -0.4 is 0 Å². The molecule has 0 spiro atoms. The van der Waals surface area contributed by atoms with Crippen molar-refractivity contribution in [1.82, 2.24) is 0 Å². The molecule has 2 aromatic carbocycles. The van der Waals surface area contributed by atoms with Crippen LogP contribution in [0.4, 0.5) is 0 Å². The normalized spacial score (nSPS) is 13.1. The van der Waals surface area contributed by atoms with Crippen molar-refractivity contribution in [2.24, 2.45) is 0 Å². The predicted molar refractivity (Wildman–Crippen MR) is 102 cm³/mol. The van der Waals surface area contributed by atoms with Crippen LogP contribution in [0.5, 0.6) is 5.75 Å². The molecule has 0 saturated carbocycles. The molecule has 28 heavy (non-hydrogen) atoms. The van der Waals surface area contributed by atoms with Crippen molar-refractivity contribution in [1.29, 1.82) is 0 Å². The number of carbonyl (C=O) groups excluding carboxylic acids is 1. The molecular formula is C20H18O7S. The molecule has 0 aliphatic carbocycles. The Labute approximate surface area is 163 Å². The van der Waals surface area contributed by atoms with Crippen LogP contribution in [0.15, 0.2) is 59.2 Å². The summed E-state index contributed by atoms with van der Waals surface area (Å²) < 4.78 is 32.0. The first kappa shape index (κ1) is 19.8. The molecular weight excluding hydrogens is 384 g/mol. The van der Waals surface area contributed by atoms with Crippen molar-refractivity contribution in [2.75, 3.05) is 7.11 Å². The third-order valence-electron chi connectivity index (χ3n) is 4.37. The van der Waals surface area contributed by atoms with Gasteiger partial charge in [0.25, 0.3) is 0 Å². The highest BCUT2D eigenvalue weighted by molar-refractivity contribution is 7.79. The number of ether oxygens (including phenoxy) is 1. The van der Waals surface area contributed by atoms with Gasteiger partial charge in [0.15, 0.2) is 11.1 Å². The van der Waals surface area contributed by atoms with Gasteiger partial charge in [0.2, 0.25) is 0 Å². The molecule has 7 nitrogen and oxygen atoms in total. The van der Waals surface area contributed by atoms with Crippen LogP contribution in [0.2, 0.25) is 0 Å². The zero-order chi connectivity index (χ0) is 20.3. The van der Waals surface area contributed by atoms with Crippen LogP contribution in [-0.4, -0.2) is 32.1 Å². The van der Waals surface area contributed by atoms with Gasteiger partial charge in [0.05, 0.1) is 13.4 Å². The number of aromatic hydroxyl groups is 1. The Kier molecular flexibility index (Phi) is 5.93. The minimum absolute atomic E-state index is 0.147. The monoisotopic (exact) mass is 402 g/mol. The highest BCUT2D eigenvalue weighted by Gasteiger charge is 2.30. The summed E-state index contributed by atoms with van der Waals surface area (Å²) in [6.07, 6.45) is 1.35. The van der Waals surface area contributed by atoms with Gasteiger partial charge in [-0.25, -0.2) is 9.00 Å².